The van der Waals surface area contributed by atoms with Crippen LogP contribution in [0.4, 0.5) is 0 Å². The summed E-state index contributed by atoms with van der Waals surface area (Å²) in [6, 6.07) is 0.423. The Morgan fingerprint density at radius 2 is 2.06 bits per heavy atom. The van der Waals surface area contributed by atoms with Crippen molar-refractivity contribution in [1.29, 1.82) is 0 Å². The Bertz CT molecular complexity index is 190. The standard InChI is InChI=1S/C13H30N2O2/c1-6-14-13(4,11-16)10-12(3)15(5)8-9-17-7-2/h12,14,16H,6-11H2,1-5H3. The van der Waals surface area contributed by atoms with Crippen LogP contribution in [-0.2, 0) is 4.74 Å². The molecule has 0 radical (unpaired) electrons. The van der Waals surface area contributed by atoms with E-state index in [-0.39, 0.29) is 12.1 Å². The van der Waals surface area contributed by atoms with E-state index in [4.69, 9.17) is 4.74 Å². The minimum Gasteiger partial charge on any atom is -0.394 e. The molecule has 0 aromatic carbocycles. The number of nitrogens with zero attached hydrogens (tertiary/aromatic N) is 1. The Morgan fingerprint density at radius 3 is 2.53 bits per heavy atom. The molecule has 0 saturated carbocycles. The van der Waals surface area contributed by atoms with Gasteiger partial charge in [0.05, 0.1) is 13.2 Å². The second-order valence-electron chi connectivity index (χ2n) is 4.98. The minimum absolute atomic E-state index is 0.171. The van der Waals surface area contributed by atoms with Gasteiger partial charge < -0.3 is 20.1 Å². The second kappa shape index (κ2) is 8.86. The predicted octanol–water partition coefficient (Wildman–Crippen LogP) is 1.09. The zero-order valence-electron chi connectivity index (χ0n) is 12.1. The van der Waals surface area contributed by atoms with Crippen LogP contribution in [0.1, 0.15) is 34.1 Å². The topological polar surface area (TPSA) is 44.7 Å². The Hall–Kier alpha value is -0.160. The lowest BCUT2D eigenvalue weighted by Crippen LogP contribution is -2.50. The van der Waals surface area contributed by atoms with Crippen LogP contribution < -0.4 is 5.32 Å². The van der Waals surface area contributed by atoms with E-state index in [9.17, 15) is 5.11 Å². The number of aliphatic hydroxyl groups excluding tert-OH is 1. The monoisotopic (exact) mass is 246 g/mol. The van der Waals surface area contributed by atoms with Crippen molar-refractivity contribution in [2.45, 2.75) is 45.7 Å². The number of nitrogens with one attached hydrogen (secondary N) is 1. The van der Waals surface area contributed by atoms with Gasteiger partial charge >= 0.3 is 0 Å². The zero-order valence-corrected chi connectivity index (χ0v) is 12.1. The molecule has 0 aliphatic carbocycles. The van der Waals surface area contributed by atoms with E-state index >= 15 is 0 Å². The Kier molecular flexibility index (Phi) is 8.78. The van der Waals surface area contributed by atoms with Gasteiger partial charge in [0, 0.05) is 24.7 Å². The first kappa shape index (κ1) is 16.8. The molecule has 0 heterocycles. The Morgan fingerprint density at radius 1 is 1.41 bits per heavy atom. The first-order valence-electron chi connectivity index (χ1n) is 6.63. The summed E-state index contributed by atoms with van der Waals surface area (Å²) in [6.45, 7) is 11.9. The van der Waals surface area contributed by atoms with Crippen LogP contribution in [-0.4, -0.2) is 61.5 Å². The number of aliphatic hydroxyl groups is 1. The van der Waals surface area contributed by atoms with Crippen molar-refractivity contribution in [3.8, 4) is 0 Å². The van der Waals surface area contributed by atoms with E-state index < -0.39 is 0 Å². The first-order valence-corrected chi connectivity index (χ1v) is 6.63. The molecule has 0 saturated heterocycles. The van der Waals surface area contributed by atoms with E-state index in [2.05, 4.69) is 38.0 Å². The third kappa shape index (κ3) is 6.99. The molecule has 0 rings (SSSR count). The summed E-state index contributed by atoms with van der Waals surface area (Å²) in [6.07, 6.45) is 0.931. The molecule has 4 heteroatoms. The van der Waals surface area contributed by atoms with Crippen molar-refractivity contribution < 1.29 is 9.84 Å². The normalized spacial score (nSPS) is 17.1. The number of hydrogen-bond acceptors (Lipinski definition) is 4. The van der Waals surface area contributed by atoms with Crippen molar-refractivity contribution in [2.75, 3.05) is 40.0 Å². The van der Waals surface area contributed by atoms with E-state index in [1.807, 2.05) is 6.92 Å². The molecular formula is C13H30N2O2. The largest absolute Gasteiger partial charge is 0.394 e. The molecule has 0 aliphatic heterocycles. The van der Waals surface area contributed by atoms with Crippen LogP contribution in [0.3, 0.4) is 0 Å². The summed E-state index contributed by atoms with van der Waals surface area (Å²) < 4.78 is 5.35. The van der Waals surface area contributed by atoms with Crippen molar-refractivity contribution in [3.63, 3.8) is 0 Å². The van der Waals surface area contributed by atoms with Gasteiger partial charge in [-0.25, -0.2) is 0 Å². The van der Waals surface area contributed by atoms with Gasteiger partial charge in [0.25, 0.3) is 0 Å². The molecule has 2 N–H and O–H groups in total. The summed E-state index contributed by atoms with van der Waals surface area (Å²) in [5.41, 5.74) is -0.186. The van der Waals surface area contributed by atoms with Gasteiger partial charge in [0.1, 0.15) is 0 Å². The summed E-state index contributed by atoms with van der Waals surface area (Å²) in [5, 5.41) is 12.8. The molecule has 2 atom stereocenters. The average molecular weight is 246 g/mol. The maximum atomic E-state index is 9.46. The molecule has 4 nitrogen and oxygen atoms in total. The van der Waals surface area contributed by atoms with Crippen LogP contribution in [0.5, 0.6) is 0 Å². The molecule has 104 valence electrons. The predicted molar refractivity (Wildman–Crippen MR) is 72.4 cm³/mol. The molecule has 0 bridgehead atoms. The third-order valence-corrected chi connectivity index (χ3v) is 3.24. The number of ether oxygens (including phenoxy) is 1. The molecular weight excluding hydrogens is 216 g/mol. The highest BCUT2D eigenvalue weighted by molar-refractivity contribution is 4.86. The molecule has 0 amide bonds. The molecule has 0 fully saturated rings. The van der Waals surface area contributed by atoms with Crippen molar-refractivity contribution in [3.05, 3.63) is 0 Å². The summed E-state index contributed by atoms with van der Waals surface area (Å²) >= 11 is 0. The Balaban J connectivity index is 4.07. The molecule has 0 spiro atoms. The van der Waals surface area contributed by atoms with Crippen molar-refractivity contribution in [1.82, 2.24) is 10.2 Å². The number of likely N-dealkylation sites (N-methyl/N-ethyl adjacent to an activating group) is 2. The molecule has 17 heavy (non-hydrogen) atoms. The maximum absolute atomic E-state index is 9.46. The van der Waals surface area contributed by atoms with Crippen LogP contribution in [0.15, 0.2) is 0 Å². The van der Waals surface area contributed by atoms with Gasteiger partial charge in [-0.2, -0.15) is 0 Å². The molecule has 0 aromatic rings. The average Bonchev–Trinajstić information content (AvgIpc) is 2.29. The van der Waals surface area contributed by atoms with Gasteiger partial charge in [-0.05, 0) is 40.8 Å². The number of rotatable bonds is 10. The fourth-order valence-electron chi connectivity index (χ4n) is 2.00. The summed E-state index contributed by atoms with van der Waals surface area (Å²) in [5.74, 6) is 0. The SMILES string of the molecule is CCNC(C)(CO)CC(C)N(C)CCOCC. The fraction of sp³-hybridized carbons (Fsp3) is 1.00. The van der Waals surface area contributed by atoms with Crippen LogP contribution in [0.2, 0.25) is 0 Å². The summed E-state index contributed by atoms with van der Waals surface area (Å²) in [7, 11) is 2.10. The smallest absolute Gasteiger partial charge is 0.0611 e. The van der Waals surface area contributed by atoms with Crippen molar-refractivity contribution >= 4 is 0 Å². The third-order valence-electron chi connectivity index (χ3n) is 3.24. The minimum atomic E-state index is -0.186. The van der Waals surface area contributed by atoms with E-state index in [0.717, 1.165) is 32.7 Å². The second-order valence-corrected chi connectivity index (χ2v) is 4.98. The van der Waals surface area contributed by atoms with Gasteiger partial charge in [0.15, 0.2) is 0 Å². The maximum Gasteiger partial charge on any atom is 0.0611 e. The van der Waals surface area contributed by atoms with Gasteiger partial charge in [-0.1, -0.05) is 6.92 Å². The molecule has 2 unspecified atom stereocenters. The number of hydrogen-bond donors (Lipinski definition) is 2. The summed E-state index contributed by atoms with van der Waals surface area (Å²) in [4.78, 5) is 2.28. The fourth-order valence-corrected chi connectivity index (χ4v) is 2.00. The lowest BCUT2D eigenvalue weighted by atomic mass is 9.94. The van der Waals surface area contributed by atoms with Crippen molar-refractivity contribution in [2.24, 2.45) is 0 Å². The van der Waals surface area contributed by atoms with Gasteiger partial charge in [-0.15, -0.1) is 0 Å². The van der Waals surface area contributed by atoms with Gasteiger partial charge in [-0.3, -0.25) is 0 Å². The van der Waals surface area contributed by atoms with E-state index in [1.54, 1.807) is 0 Å². The lowest BCUT2D eigenvalue weighted by Gasteiger charge is -2.35. The van der Waals surface area contributed by atoms with E-state index in [0.29, 0.717) is 6.04 Å². The Labute approximate surface area is 106 Å². The highest BCUT2D eigenvalue weighted by atomic mass is 16.5. The first-order chi connectivity index (χ1) is 7.99. The van der Waals surface area contributed by atoms with Crippen LogP contribution in [0, 0.1) is 0 Å². The molecule has 0 aromatic heterocycles. The quantitative estimate of drug-likeness (QED) is 0.567. The van der Waals surface area contributed by atoms with E-state index in [1.165, 1.54) is 0 Å². The van der Waals surface area contributed by atoms with Gasteiger partial charge in [0.2, 0.25) is 0 Å². The highest BCUT2D eigenvalue weighted by Crippen LogP contribution is 2.14. The van der Waals surface area contributed by atoms with Crippen LogP contribution in [0.25, 0.3) is 0 Å². The molecule has 0 aliphatic rings. The zero-order chi connectivity index (χ0) is 13.3. The highest BCUT2D eigenvalue weighted by Gasteiger charge is 2.26. The lowest BCUT2D eigenvalue weighted by molar-refractivity contribution is 0.0897. The van der Waals surface area contributed by atoms with Crippen LogP contribution >= 0.6 is 0 Å².